The van der Waals surface area contributed by atoms with Crippen molar-refractivity contribution in [2.45, 2.75) is 32.2 Å². The number of aryl methyl sites for hydroxylation is 2. The average Bonchev–Trinajstić information content (AvgIpc) is 2.65. The quantitative estimate of drug-likeness (QED) is 0.590. The summed E-state index contributed by atoms with van der Waals surface area (Å²) in [5.41, 5.74) is 5.18. The summed E-state index contributed by atoms with van der Waals surface area (Å²) in [4.78, 5) is 17.0. The third kappa shape index (κ3) is 4.42. The van der Waals surface area contributed by atoms with E-state index >= 15 is 0 Å². The minimum atomic E-state index is 0.0197. The van der Waals surface area contributed by atoms with Crippen molar-refractivity contribution in [3.63, 3.8) is 0 Å². The Kier molecular flexibility index (Phi) is 6.01. The number of thioether (sulfide) groups is 1. The molecule has 1 amide bonds. The maximum Gasteiger partial charge on any atom is 0.225 e. The van der Waals surface area contributed by atoms with Gasteiger partial charge in [-0.25, -0.2) is 4.98 Å². The summed E-state index contributed by atoms with van der Waals surface area (Å²) in [7, 11) is 1.66. The maximum atomic E-state index is 12.3. The van der Waals surface area contributed by atoms with Gasteiger partial charge in [0.05, 0.1) is 12.1 Å². The van der Waals surface area contributed by atoms with E-state index in [0.29, 0.717) is 12.2 Å². The van der Waals surface area contributed by atoms with Gasteiger partial charge < -0.3 is 10.1 Å². The van der Waals surface area contributed by atoms with Crippen LogP contribution >= 0.6 is 11.8 Å². The number of aromatic nitrogens is 1. The number of carbonyl (C=O) groups excluding carboxylic acids is 1. The van der Waals surface area contributed by atoms with Gasteiger partial charge in [-0.3, -0.25) is 4.79 Å². The van der Waals surface area contributed by atoms with Crippen molar-refractivity contribution in [3.05, 3.63) is 59.2 Å². The highest BCUT2D eigenvalue weighted by Crippen LogP contribution is 2.29. The van der Waals surface area contributed by atoms with Gasteiger partial charge in [0, 0.05) is 23.2 Å². The number of methoxy groups -OCH3 is 1. The molecule has 0 atom stereocenters. The smallest absolute Gasteiger partial charge is 0.225 e. The van der Waals surface area contributed by atoms with E-state index in [1.54, 1.807) is 18.9 Å². The van der Waals surface area contributed by atoms with Crippen LogP contribution in [0.5, 0.6) is 5.75 Å². The van der Waals surface area contributed by atoms with Gasteiger partial charge in [0.1, 0.15) is 11.3 Å². The van der Waals surface area contributed by atoms with E-state index in [4.69, 9.17) is 9.72 Å². The van der Waals surface area contributed by atoms with Crippen molar-refractivity contribution < 1.29 is 9.53 Å². The van der Waals surface area contributed by atoms with Crippen LogP contribution in [-0.4, -0.2) is 23.8 Å². The number of rotatable bonds is 6. The van der Waals surface area contributed by atoms with Crippen LogP contribution < -0.4 is 10.1 Å². The minimum absolute atomic E-state index is 0.0197. The fraction of sp³-hybridized carbons (Fsp3) is 0.273. The number of hydrogen-bond acceptors (Lipinski definition) is 4. The minimum Gasteiger partial charge on any atom is -0.494 e. The summed E-state index contributed by atoms with van der Waals surface area (Å²) in [6.07, 6.45) is 0.433. The number of hydrogen-bond donors (Lipinski definition) is 1. The molecule has 3 rings (SSSR count). The second-order valence-electron chi connectivity index (χ2n) is 6.53. The largest absolute Gasteiger partial charge is 0.494 e. The number of anilines is 1. The van der Waals surface area contributed by atoms with E-state index in [9.17, 15) is 4.79 Å². The molecule has 0 aliphatic heterocycles. The molecule has 140 valence electrons. The third-order valence-corrected chi connectivity index (χ3v) is 5.58. The lowest BCUT2D eigenvalue weighted by Gasteiger charge is -2.11. The summed E-state index contributed by atoms with van der Waals surface area (Å²) >= 11 is 1.59. The zero-order chi connectivity index (χ0) is 19.4. The van der Waals surface area contributed by atoms with E-state index in [0.717, 1.165) is 38.5 Å². The van der Waals surface area contributed by atoms with Crippen LogP contribution in [0.3, 0.4) is 0 Å². The van der Waals surface area contributed by atoms with E-state index < -0.39 is 0 Å². The molecule has 0 unspecified atom stereocenters. The molecule has 0 aliphatic rings. The van der Waals surface area contributed by atoms with Gasteiger partial charge in [-0.15, -0.1) is 11.8 Å². The van der Waals surface area contributed by atoms with Crippen LogP contribution in [0.25, 0.3) is 10.9 Å². The van der Waals surface area contributed by atoms with Gasteiger partial charge >= 0.3 is 0 Å². The molecule has 27 heavy (non-hydrogen) atoms. The molecule has 0 saturated carbocycles. The maximum absolute atomic E-state index is 12.3. The van der Waals surface area contributed by atoms with Crippen molar-refractivity contribution in [2.75, 3.05) is 18.2 Å². The summed E-state index contributed by atoms with van der Waals surface area (Å²) in [6, 6.07) is 13.9. The first-order valence-electron chi connectivity index (χ1n) is 8.93. The van der Waals surface area contributed by atoms with Crippen LogP contribution in [0.4, 0.5) is 5.69 Å². The summed E-state index contributed by atoms with van der Waals surface area (Å²) < 4.78 is 5.43. The summed E-state index contributed by atoms with van der Waals surface area (Å²) in [5, 5.41) is 5.00. The number of nitrogens with zero attached hydrogens (tertiary/aromatic N) is 1. The highest BCUT2D eigenvalue weighted by molar-refractivity contribution is 7.99. The summed E-state index contributed by atoms with van der Waals surface area (Å²) in [6.45, 7) is 6.14. The number of pyridine rings is 1. The number of nitrogens with one attached hydrogen (secondary N) is 1. The topological polar surface area (TPSA) is 51.2 Å². The number of carbonyl (C=O) groups is 1. The number of para-hydroxylation sites is 1. The first-order valence-corrected chi connectivity index (χ1v) is 9.91. The first-order chi connectivity index (χ1) is 13.0. The standard InChI is InChI=1S/C22H24N2O2S/c1-14-7-5-9-18(16(14)3)23-20(25)11-12-27-21-13-15(2)17-8-6-10-19(26-4)22(17)24-21/h5-10,13H,11-12H2,1-4H3,(H,23,25). The molecule has 0 saturated heterocycles. The molecule has 1 N–H and O–H groups in total. The summed E-state index contributed by atoms with van der Waals surface area (Å²) in [5.74, 6) is 1.46. The Morgan fingerprint density at radius 2 is 1.89 bits per heavy atom. The van der Waals surface area contributed by atoms with Crippen LogP contribution in [-0.2, 0) is 4.79 Å². The van der Waals surface area contributed by atoms with E-state index in [1.807, 2.05) is 50.2 Å². The number of benzene rings is 2. The molecular weight excluding hydrogens is 356 g/mol. The first kappa shape index (κ1) is 19.2. The fourth-order valence-electron chi connectivity index (χ4n) is 2.95. The zero-order valence-electron chi connectivity index (χ0n) is 16.1. The molecule has 1 aromatic heterocycles. The van der Waals surface area contributed by atoms with Gasteiger partial charge in [-0.05, 0) is 55.7 Å². The Balaban J connectivity index is 1.65. The third-order valence-electron chi connectivity index (χ3n) is 4.66. The van der Waals surface area contributed by atoms with Crippen LogP contribution in [0, 0.1) is 20.8 Å². The fourth-order valence-corrected chi connectivity index (χ4v) is 3.86. The number of fused-ring (bicyclic) bond motifs is 1. The molecule has 3 aromatic rings. The average molecular weight is 381 g/mol. The molecule has 5 heteroatoms. The molecule has 0 aliphatic carbocycles. The van der Waals surface area contributed by atoms with Crippen molar-refractivity contribution in [1.29, 1.82) is 0 Å². The van der Waals surface area contributed by atoms with E-state index in [1.165, 1.54) is 5.56 Å². The van der Waals surface area contributed by atoms with Crippen LogP contribution in [0.2, 0.25) is 0 Å². The predicted molar refractivity (Wildman–Crippen MR) is 113 cm³/mol. The molecule has 0 spiro atoms. The van der Waals surface area contributed by atoms with E-state index in [2.05, 4.69) is 18.3 Å². The SMILES string of the molecule is COc1cccc2c(C)cc(SCCC(=O)Nc3cccc(C)c3C)nc12. The predicted octanol–water partition coefficient (Wildman–Crippen LogP) is 5.29. The van der Waals surface area contributed by atoms with Gasteiger partial charge in [0.25, 0.3) is 0 Å². The van der Waals surface area contributed by atoms with Gasteiger partial charge in [0.2, 0.25) is 5.91 Å². The van der Waals surface area contributed by atoms with Crippen molar-refractivity contribution in [1.82, 2.24) is 4.98 Å². The molecule has 4 nitrogen and oxygen atoms in total. The number of amides is 1. The Morgan fingerprint density at radius 3 is 2.67 bits per heavy atom. The Bertz CT molecular complexity index is 985. The number of ether oxygens (including phenoxy) is 1. The van der Waals surface area contributed by atoms with Crippen LogP contribution in [0.1, 0.15) is 23.1 Å². The molecule has 2 aromatic carbocycles. The lowest BCUT2D eigenvalue weighted by Crippen LogP contribution is -2.13. The van der Waals surface area contributed by atoms with Crippen molar-refractivity contribution in [3.8, 4) is 5.75 Å². The molecular formula is C22H24N2O2S. The molecule has 1 heterocycles. The van der Waals surface area contributed by atoms with Gasteiger partial charge in [0.15, 0.2) is 0 Å². The lowest BCUT2D eigenvalue weighted by molar-refractivity contribution is -0.115. The highest BCUT2D eigenvalue weighted by Gasteiger charge is 2.10. The van der Waals surface area contributed by atoms with Crippen molar-refractivity contribution in [2.24, 2.45) is 0 Å². The lowest BCUT2D eigenvalue weighted by atomic mass is 10.1. The van der Waals surface area contributed by atoms with Crippen molar-refractivity contribution >= 4 is 34.3 Å². The zero-order valence-corrected chi connectivity index (χ0v) is 16.9. The second kappa shape index (κ2) is 8.44. The Hall–Kier alpha value is -2.53. The van der Waals surface area contributed by atoms with E-state index in [-0.39, 0.29) is 5.91 Å². The van der Waals surface area contributed by atoms with Gasteiger partial charge in [-0.1, -0.05) is 24.3 Å². The molecule has 0 bridgehead atoms. The normalized spacial score (nSPS) is 10.8. The molecule has 0 radical (unpaired) electrons. The van der Waals surface area contributed by atoms with Crippen LogP contribution in [0.15, 0.2) is 47.5 Å². The molecule has 0 fully saturated rings. The Labute approximate surface area is 164 Å². The monoisotopic (exact) mass is 380 g/mol. The highest BCUT2D eigenvalue weighted by atomic mass is 32.2. The van der Waals surface area contributed by atoms with Gasteiger partial charge in [-0.2, -0.15) is 0 Å². The Morgan fingerprint density at radius 1 is 1.11 bits per heavy atom. The second-order valence-corrected chi connectivity index (χ2v) is 7.64.